The van der Waals surface area contributed by atoms with Gasteiger partial charge >= 0.3 is 6.03 Å². The Morgan fingerprint density at radius 3 is 1.72 bits per heavy atom. The largest absolute Gasteiger partial charge is 0.351 e. The molecule has 6 heterocycles. The lowest BCUT2D eigenvalue weighted by Crippen LogP contribution is -2.50. The van der Waals surface area contributed by atoms with Gasteiger partial charge in [-0.3, -0.25) is 9.59 Å². The van der Waals surface area contributed by atoms with E-state index in [9.17, 15) is 14.4 Å². The summed E-state index contributed by atoms with van der Waals surface area (Å²) in [7, 11) is 2.11. The summed E-state index contributed by atoms with van der Waals surface area (Å²) in [5, 5.41) is 9.72. The second-order valence-corrected chi connectivity index (χ2v) is 11.5. The zero-order valence-corrected chi connectivity index (χ0v) is 25.7. The summed E-state index contributed by atoms with van der Waals surface area (Å²) in [6.45, 7) is 17.7. The Hall–Kier alpha value is -1.91. The molecule has 0 aromatic carbocycles. The lowest BCUT2D eigenvalue weighted by Gasteiger charge is -2.33. The zero-order valence-electron chi connectivity index (χ0n) is 25.7. The van der Waals surface area contributed by atoms with Crippen molar-refractivity contribution >= 4 is 17.8 Å². The quantitative estimate of drug-likeness (QED) is 0.366. The second-order valence-electron chi connectivity index (χ2n) is 11.5. The fraction of sp³-hybridized carbons (Fsp3) is 0.897. The second kappa shape index (κ2) is 15.2. The van der Waals surface area contributed by atoms with Crippen LogP contribution in [0, 0.1) is 0 Å². The van der Waals surface area contributed by atoms with Gasteiger partial charge < -0.3 is 36.4 Å². The van der Waals surface area contributed by atoms with Crippen molar-refractivity contribution < 1.29 is 14.4 Å². The summed E-state index contributed by atoms with van der Waals surface area (Å²) in [4.78, 5) is 39.6. The fourth-order valence-corrected chi connectivity index (χ4v) is 7.22. The summed E-state index contributed by atoms with van der Waals surface area (Å²) in [5.74, 6) is 0.483. The van der Waals surface area contributed by atoms with Gasteiger partial charge in [0.05, 0.1) is 16.6 Å². The molecule has 5 N–H and O–H groups in total. The Morgan fingerprint density at radius 2 is 1.33 bits per heavy atom. The number of urea groups is 1. The van der Waals surface area contributed by atoms with Crippen LogP contribution in [-0.4, -0.2) is 109 Å². The van der Waals surface area contributed by atoms with Crippen molar-refractivity contribution in [2.45, 2.75) is 109 Å². The average Bonchev–Trinajstić information content (AvgIpc) is 3.78. The first-order valence-corrected chi connectivity index (χ1v) is 15.5. The number of likely N-dealkylation sites (tertiary alicyclic amines) is 3. The molecule has 0 aromatic rings. The highest BCUT2D eigenvalue weighted by Crippen LogP contribution is 2.35. The Bertz CT molecular complexity index is 741. The van der Waals surface area contributed by atoms with E-state index in [4.69, 9.17) is 5.73 Å². The van der Waals surface area contributed by atoms with Crippen LogP contribution in [0.3, 0.4) is 0 Å². The number of amides is 4. The molecule has 6 aliphatic heterocycles. The minimum absolute atomic E-state index is 0.0752. The molecule has 0 aromatic heterocycles. The van der Waals surface area contributed by atoms with Gasteiger partial charge in [0.2, 0.25) is 11.8 Å². The Kier molecular flexibility index (Phi) is 13.0. The van der Waals surface area contributed by atoms with E-state index in [0.717, 1.165) is 97.3 Å². The predicted molar refractivity (Wildman–Crippen MR) is 157 cm³/mol. The molecule has 3 spiro atoms. The molecule has 10 nitrogen and oxygen atoms in total. The number of likely N-dealkylation sites (N-methyl/N-ethyl adjacent to an activating group) is 1. The van der Waals surface area contributed by atoms with Crippen LogP contribution in [0.2, 0.25) is 0 Å². The number of nitrogens with two attached hydrogens (primary N) is 1. The number of carbonyl (C=O) groups is 3. The third-order valence-corrected chi connectivity index (χ3v) is 9.06. The molecular weight excluding hydrogens is 494 g/mol. The molecule has 0 bridgehead atoms. The number of hydrogen-bond acceptors (Lipinski definition) is 6. The average molecular weight is 552 g/mol. The van der Waals surface area contributed by atoms with Gasteiger partial charge in [0.15, 0.2) is 0 Å². The zero-order chi connectivity index (χ0) is 29.1. The van der Waals surface area contributed by atoms with E-state index in [2.05, 4.69) is 32.8 Å². The Balaban J connectivity index is 0.000000193. The molecule has 10 heteroatoms. The van der Waals surface area contributed by atoms with Gasteiger partial charge in [-0.2, -0.15) is 0 Å². The standard InChI is InChI=1S/C9H16N2O.C8H15N3O.C8H14N2O.2C2H6/c1-8(12)11-6-2-3-9(11)4-5-10-7-9;9-7(12)11-5-1-2-8(11)3-4-10-6-8;1-10-5-4-8(6-10)3-2-7(11)9-8;2*1-2/h10H,2-7H2,1H3;10H,1-6H2,(H2,9,12);2-6H2,1H3,(H,9,11);2*1-2H3. The fourth-order valence-electron chi connectivity index (χ4n) is 7.22. The first kappa shape index (κ1) is 33.3. The van der Waals surface area contributed by atoms with Crippen molar-refractivity contribution in [3.05, 3.63) is 0 Å². The molecule has 0 aliphatic carbocycles. The molecular formula is C29H57N7O3. The van der Waals surface area contributed by atoms with Crippen molar-refractivity contribution in [1.82, 2.24) is 30.7 Å². The first-order valence-electron chi connectivity index (χ1n) is 15.5. The lowest BCUT2D eigenvalue weighted by atomic mass is 9.95. The van der Waals surface area contributed by atoms with Crippen molar-refractivity contribution in [3.63, 3.8) is 0 Å². The van der Waals surface area contributed by atoms with E-state index in [-0.39, 0.29) is 34.5 Å². The number of nitrogens with one attached hydrogen (secondary N) is 3. The maximum Gasteiger partial charge on any atom is 0.315 e. The van der Waals surface area contributed by atoms with E-state index in [1.165, 1.54) is 12.8 Å². The summed E-state index contributed by atoms with van der Waals surface area (Å²) in [6, 6.07) is -0.254. The highest BCUT2D eigenvalue weighted by molar-refractivity contribution is 5.79. The number of rotatable bonds is 0. The van der Waals surface area contributed by atoms with Crippen LogP contribution in [0.5, 0.6) is 0 Å². The lowest BCUT2D eigenvalue weighted by molar-refractivity contribution is -0.132. The van der Waals surface area contributed by atoms with Crippen LogP contribution in [0.4, 0.5) is 4.79 Å². The molecule has 6 aliphatic rings. The van der Waals surface area contributed by atoms with Gasteiger partial charge in [-0.1, -0.05) is 27.7 Å². The van der Waals surface area contributed by atoms with Gasteiger partial charge in [-0.25, -0.2) is 4.79 Å². The monoisotopic (exact) mass is 551 g/mol. The maximum atomic E-state index is 11.3. The molecule has 0 saturated carbocycles. The third kappa shape index (κ3) is 8.07. The van der Waals surface area contributed by atoms with E-state index < -0.39 is 0 Å². The SMILES string of the molecule is CC.CC.CC(=O)N1CCCC12CCNC2.CN1CCC2(CCC(=O)N2)C1.NC(=O)N1CCCC12CCNC2. The Labute approximate surface area is 237 Å². The van der Waals surface area contributed by atoms with Crippen LogP contribution in [-0.2, 0) is 9.59 Å². The van der Waals surface area contributed by atoms with E-state index >= 15 is 0 Å². The minimum atomic E-state index is -0.254. The van der Waals surface area contributed by atoms with Crippen LogP contribution in [0.15, 0.2) is 0 Å². The molecule has 226 valence electrons. The maximum absolute atomic E-state index is 11.3. The van der Waals surface area contributed by atoms with Crippen molar-refractivity contribution in [1.29, 1.82) is 0 Å². The number of hydrogen-bond donors (Lipinski definition) is 4. The normalized spacial score (nSPS) is 32.6. The summed E-state index contributed by atoms with van der Waals surface area (Å²) >= 11 is 0. The van der Waals surface area contributed by atoms with Crippen LogP contribution >= 0.6 is 0 Å². The van der Waals surface area contributed by atoms with Crippen LogP contribution in [0.1, 0.15) is 92.4 Å². The van der Waals surface area contributed by atoms with Crippen molar-refractivity contribution in [3.8, 4) is 0 Å². The van der Waals surface area contributed by atoms with Gasteiger partial charge in [-0.15, -0.1) is 0 Å². The molecule has 3 unspecified atom stereocenters. The summed E-state index contributed by atoms with van der Waals surface area (Å²) in [5.41, 5.74) is 5.75. The van der Waals surface area contributed by atoms with Crippen molar-refractivity contribution in [2.24, 2.45) is 5.73 Å². The molecule has 4 amide bonds. The van der Waals surface area contributed by atoms with E-state index in [1.54, 1.807) is 6.92 Å². The van der Waals surface area contributed by atoms with Crippen molar-refractivity contribution in [2.75, 3.05) is 59.4 Å². The number of primary amides is 1. The van der Waals surface area contributed by atoms with Gasteiger partial charge in [0, 0.05) is 52.6 Å². The predicted octanol–water partition coefficient (Wildman–Crippen LogP) is 2.28. The Morgan fingerprint density at radius 1 is 0.795 bits per heavy atom. The minimum Gasteiger partial charge on any atom is -0.351 e. The molecule has 6 rings (SSSR count). The molecule has 3 atom stereocenters. The molecule has 0 radical (unpaired) electrons. The first-order chi connectivity index (χ1) is 18.7. The van der Waals surface area contributed by atoms with E-state index in [1.807, 2.05) is 32.6 Å². The topological polar surface area (TPSA) is 123 Å². The van der Waals surface area contributed by atoms with Gasteiger partial charge in [-0.05, 0) is 71.5 Å². The molecule has 6 fully saturated rings. The molecule has 39 heavy (non-hydrogen) atoms. The highest BCUT2D eigenvalue weighted by Gasteiger charge is 2.45. The van der Waals surface area contributed by atoms with E-state index in [0.29, 0.717) is 0 Å². The van der Waals surface area contributed by atoms with Gasteiger partial charge in [0.25, 0.3) is 0 Å². The number of nitrogens with zero attached hydrogens (tertiary/aromatic N) is 3. The molecule has 6 saturated heterocycles. The summed E-state index contributed by atoms with van der Waals surface area (Å²) < 4.78 is 0. The number of carbonyl (C=O) groups excluding carboxylic acids is 3. The third-order valence-electron chi connectivity index (χ3n) is 9.06. The smallest absolute Gasteiger partial charge is 0.315 e. The summed E-state index contributed by atoms with van der Waals surface area (Å²) in [6.07, 6.45) is 9.70. The van der Waals surface area contributed by atoms with Crippen LogP contribution in [0.25, 0.3) is 0 Å². The highest BCUT2D eigenvalue weighted by atomic mass is 16.2. The van der Waals surface area contributed by atoms with Gasteiger partial charge in [0.1, 0.15) is 0 Å². The van der Waals surface area contributed by atoms with Crippen LogP contribution < -0.4 is 21.7 Å².